The molecular weight excluding hydrogens is 318 g/mol. The van der Waals surface area contributed by atoms with E-state index in [1.807, 2.05) is 13.2 Å². The molecule has 8 heteroatoms. The van der Waals surface area contributed by atoms with Crippen molar-refractivity contribution >= 4 is 39.1 Å². The zero-order chi connectivity index (χ0) is 15.3. The summed E-state index contributed by atoms with van der Waals surface area (Å²) in [6.45, 7) is 1.87. The van der Waals surface area contributed by atoms with Crippen molar-refractivity contribution in [1.82, 2.24) is 4.31 Å². The van der Waals surface area contributed by atoms with E-state index in [-0.39, 0.29) is 16.7 Å². The maximum absolute atomic E-state index is 12.4. The lowest BCUT2D eigenvalue weighted by atomic mass is 10.3. The van der Waals surface area contributed by atoms with E-state index in [4.69, 9.17) is 5.11 Å². The van der Waals surface area contributed by atoms with Crippen molar-refractivity contribution in [2.75, 3.05) is 19.1 Å². The second-order valence-corrected chi connectivity index (χ2v) is 8.82. The van der Waals surface area contributed by atoms with Gasteiger partial charge in [0.05, 0.1) is 6.42 Å². The Balaban J connectivity index is 2.87. The van der Waals surface area contributed by atoms with E-state index in [9.17, 15) is 13.2 Å². The summed E-state index contributed by atoms with van der Waals surface area (Å²) < 4.78 is 26.4. The summed E-state index contributed by atoms with van der Waals surface area (Å²) in [5.41, 5.74) is 0. The number of thiophene rings is 1. The van der Waals surface area contributed by atoms with Crippen molar-refractivity contribution in [1.29, 1.82) is 0 Å². The Labute approximate surface area is 128 Å². The van der Waals surface area contributed by atoms with Gasteiger partial charge in [-0.05, 0) is 37.5 Å². The van der Waals surface area contributed by atoms with Gasteiger partial charge in [0.1, 0.15) is 4.21 Å². The van der Waals surface area contributed by atoms with Gasteiger partial charge in [-0.2, -0.15) is 16.1 Å². The first-order chi connectivity index (χ1) is 9.28. The smallest absolute Gasteiger partial charge is 0.308 e. The van der Waals surface area contributed by atoms with Crippen LogP contribution in [0.5, 0.6) is 0 Å². The fraction of sp³-hybridized carbons (Fsp3) is 0.583. The number of aliphatic carboxylic acids is 1. The molecule has 1 rings (SSSR count). The van der Waals surface area contributed by atoms with Crippen LogP contribution in [0.4, 0.5) is 0 Å². The van der Waals surface area contributed by atoms with E-state index >= 15 is 0 Å². The molecule has 0 amide bonds. The minimum Gasteiger partial charge on any atom is -0.481 e. The minimum atomic E-state index is -3.53. The molecule has 1 unspecified atom stereocenters. The van der Waals surface area contributed by atoms with Crippen LogP contribution in [-0.2, 0) is 21.2 Å². The lowest BCUT2D eigenvalue weighted by molar-refractivity contribution is -0.136. The van der Waals surface area contributed by atoms with E-state index in [1.54, 1.807) is 24.9 Å². The van der Waals surface area contributed by atoms with Crippen molar-refractivity contribution < 1.29 is 18.3 Å². The first-order valence-corrected chi connectivity index (χ1v) is 9.71. The molecule has 0 aromatic carbocycles. The Morgan fingerprint density at radius 3 is 2.70 bits per heavy atom. The molecule has 20 heavy (non-hydrogen) atoms. The van der Waals surface area contributed by atoms with Crippen LogP contribution in [0.1, 0.15) is 18.2 Å². The fourth-order valence-corrected chi connectivity index (χ4v) is 5.09. The number of rotatable bonds is 8. The predicted molar refractivity (Wildman–Crippen MR) is 83.1 cm³/mol. The van der Waals surface area contributed by atoms with Crippen molar-refractivity contribution in [2.24, 2.45) is 0 Å². The number of carboxylic acid groups (broad SMARTS) is 1. The van der Waals surface area contributed by atoms with Crippen molar-refractivity contribution in [2.45, 2.75) is 30.0 Å². The Bertz CT molecular complexity index is 553. The van der Waals surface area contributed by atoms with E-state index in [0.717, 1.165) is 23.5 Å². The molecule has 1 aromatic heterocycles. The van der Waals surface area contributed by atoms with E-state index in [2.05, 4.69) is 0 Å². The molecule has 0 fully saturated rings. The van der Waals surface area contributed by atoms with Crippen molar-refractivity contribution in [3.05, 3.63) is 17.0 Å². The van der Waals surface area contributed by atoms with Crippen LogP contribution in [0.15, 0.2) is 16.3 Å². The third-order valence-electron chi connectivity index (χ3n) is 2.96. The predicted octanol–water partition coefficient (Wildman–Crippen LogP) is 2.14. The third-order valence-corrected chi connectivity index (χ3v) is 7.12. The highest BCUT2D eigenvalue weighted by molar-refractivity contribution is 7.98. The van der Waals surface area contributed by atoms with Crippen LogP contribution in [0.25, 0.3) is 0 Å². The highest BCUT2D eigenvalue weighted by atomic mass is 32.2. The number of sulfonamides is 1. The molecule has 1 N–H and O–H groups in total. The van der Waals surface area contributed by atoms with Crippen LogP contribution in [0, 0.1) is 0 Å². The number of hydrogen-bond acceptors (Lipinski definition) is 5. The number of nitrogens with zero attached hydrogens (tertiary/aromatic N) is 1. The molecule has 0 aliphatic carbocycles. The van der Waals surface area contributed by atoms with Crippen LogP contribution in [-0.4, -0.2) is 48.9 Å². The molecule has 1 heterocycles. The van der Waals surface area contributed by atoms with Crippen LogP contribution in [0.3, 0.4) is 0 Å². The first-order valence-electron chi connectivity index (χ1n) is 6.06. The van der Waals surface area contributed by atoms with E-state index in [0.29, 0.717) is 4.88 Å². The topological polar surface area (TPSA) is 74.7 Å². The van der Waals surface area contributed by atoms with E-state index < -0.39 is 16.0 Å². The first kappa shape index (κ1) is 17.5. The van der Waals surface area contributed by atoms with Gasteiger partial charge in [0.2, 0.25) is 0 Å². The Morgan fingerprint density at radius 1 is 1.50 bits per heavy atom. The lowest BCUT2D eigenvalue weighted by Crippen LogP contribution is -2.35. The van der Waals surface area contributed by atoms with Gasteiger partial charge >= 0.3 is 5.97 Å². The SMILES string of the molecule is CSCCC(C)N(C)S(=O)(=O)c1ccc(CC(=O)O)s1. The quantitative estimate of drug-likeness (QED) is 0.786. The van der Waals surface area contributed by atoms with Gasteiger partial charge in [-0.3, -0.25) is 4.79 Å². The fourth-order valence-electron chi connectivity index (χ4n) is 1.59. The monoisotopic (exact) mass is 337 g/mol. The highest BCUT2D eigenvalue weighted by Gasteiger charge is 2.26. The van der Waals surface area contributed by atoms with Gasteiger partial charge in [0.15, 0.2) is 0 Å². The van der Waals surface area contributed by atoms with E-state index in [1.165, 1.54) is 10.4 Å². The average Bonchev–Trinajstić information content (AvgIpc) is 2.83. The maximum atomic E-state index is 12.4. The molecule has 1 atom stereocenters. The summed E-state index contributed by atoms with van der Waals surface area (Å²) in [5, 5.41) is 8.72. The zero-order valence-electron chi connectivity index (χ0n) is 11.7. The second kappa shape index (κ2) is 7.44. The number of carbonyl (C=O) groups is 1. The zero-order valence-corrected chi connectivity index (χ0v) is 14.1. The van der Waals surface area contributed by atoms with Gasteiger partial charge in [0, 0.05) is 18.0 Å². The van der Waals surface area contributed by atoms with Crippen LogP contribution >= 0.6 is 23.1 Å². The Hall–Kier alpha value is -0.570. The van der Waals surface area contributed by atoms with Gasteiger partial charge < -0.3 is 5.11 Å². The number of carboxylic acids is 1. The van der Waals surface area contributed by atoms with Gasteiger partial charge in [-0.1, -0.05) is 0 Å². The molecule has 0 spiro atoms. The molecule has 1 aromatic rings. The molecule has 0 saturated carbocycles. The summed E-state index contributed by atoms with van der Waals surface area (Å²) >= 11 is 2.70. The highest BCUT2D eigenvalue weighted by Crippen LogP contribution is 2.26. The summed E-state index contributed by atoms with van der Waals surface area (Å²) in [6.07, 6.45) is 2.62. The average molecular weight is 337 g/mol. The molecular formula is C12H19NO4S3. The summed E-state index contributed by atoms with van der Waals surface area (Å²) in [6, 6.07) is 2.96. The summed E-state index contributed by atoms with van der Waals surface area (Å²) in [7, 11) is -1.97. The number of thioether (sulfide) groups is 1. The van der Waals surface area contributed by atoms with Gasteiger partial charge in [0.25, 0.3) is 10.0 Å². The summed E-state index contributed by atoms with van der Waals surface area (Å²) in [5.74, 6) is -0.0621. The second-order valence-electron chi connectivity index (χ2n) is 4.44. The number of hydrogen-bond donors (Lipinski definition) is 1. The molecule has 0 aliphatic heterocycles. The molecule has 114 valence electrons. The maximum Gasteiger partial charge on any atom is 0.308 e. The lowest BCUT2D eigenvalue weighted by Gasteiger charge is -2.23. The molecule has 0 aliphatic rings. The van der Waals surface area contributed by atoms with Crippen LogP contribution in [0.2, 0.25) is 0 Å². The molecule has 0 saturated heterocycles. The Kier molecular flexibility index (Phi) is 6.50. The molecule has 0 radical (unpaired) electrons. The minimum absolute atomic E-state index is 0.0857. The van der Waals surface area contributed by atoms with Crippen molar-refractivity contribution in [3.8, 4) is 0 Å². The normalized spacial score (nSPS) is 13.6. The summed E-state index contributed by atoms with van der Waals surface area (Å²) in [4.78, 5) is 11.2. The third kappa shape index (κ3) is 4.47. The van der Waals surface area contributed by atoms with Crippen molar-refractivity contribution in [3.63, 3.8) is 0 Å². The molecule has 0 bridgehead atoms. The largest absolute Gasteiger partial charge is 0.481 e. The molecule has 5 nitrogen and oxygen atoms in total. The standard InChI is InChI=1S/C12H19NO4S3/c1-9(6-7-18-3)13(2)20(16,17)12-5-4-10(19-12)8-11(14)15/h4-5,9H,6-8H2,1-3H3,(H,14,15). The van der Waals surface area contributed by atoms with Gasteiger partial charge in [-0.25, -0.2) is 8.42 Å². The van der Waals surface area contributed by atoms with Gasteiger partial charge in [-0.15, -0.1) is 11.3 Å². The van der Waals surface area contributed by atoms with Crippen LogP contribution < -0.4 is 0 Å². The Morgan fingerprint density at radius 2 is 2.15 bits per heavy atom.